The summed E-state index contributed by atoms with van der Waals surface area (Å²) < 4.78 is 0. The second-order valence-corrected chi connectivity index (χ2v) is 15.1. The molecule has 0 amide bonds. The van der Waals surface area contributed by atoms with Crippen molar-refractivity contribution in [1.82, 2.24) is 4.98 Å². The Morgan fingerprint density at radius 1 is 0.800 bits per heavy atom. The predicted octanol–water partition coefficient (Wildman–Crippen LogP) is 10.4. The Labute approximate surface area is 284 Å². The Balaban J connectivity index is 0.000000231. The summed E-state index contributed by atoms with van der Waals surface area (Å²) in [4.78, 5) is 9.32. The van der Waals surface area contributed by atoms with Gasteiger partial charge in [0, 0.05) is 23.6 Å². The third kappa shape index (κ3) is 5.57. The minimum absolute atomic E-state index is 0. The molecule has 1 saturated carbocycles. The quantitative estimate of drug-likeness (QED) is 0.189. The number of fused-ring (bicyclic) bond motifs is 3. The fraction of sp³-hybridized carbons (Fsp3) is 0.415. The molecule has 4 aliphatic rings. The molecule has 0 atom stereocenters. The van der Waals surface area contributed by atoms with Crippen molar-refractivity contribution < 1.29 is 20.1 Å². The van der Waals surface area contributed by atoms with E-state index in [1.165, 1.54) is 84.3 Å². The molecule has 3 aromatic carbocycles. The molecule has 1 aromatic heterocycles. The smallest absolute Gasteiger partial charge is 0.499 e. The van der Waals surface area contributed by atoms with Gasteiger partial charge in [0.1, 0.15) is 0 Å². The second-order valence-electron chi connectivity index (χ2n) is 15.1. The fourth-order valence-electron chi connectivity index (χ4n) is 7.94. The zero-order chi connectivity index (χ0) is 30.7. The average molecular weight is 773 g/mol. The molecular weight excluding hydrogens is 727 g/mol. The average Bonchev–Trinajstić information content (AvgIpc) is 3.44. The van der Waals surface area contributed by atoms with Crippen LogP contribution in [0.2, 0.25) is 0 Å². The van der Waals surface area contributed by atoms with E-state index in [0.717, 1.165) is 11.3 Å². The van der Waals surface area contributed by atoms with Gasteiger partial charge in [0.25, 0.3) is 0 Å². The van der Waals surface area contributed by atoms with E-state index in [0.29, 0.717) is 6.04 Å². The van der Waals surface area contributed by atoms with E-state index in [9.17, 15) is 0 Å². The summed E-state index contributed by atoms with van der Waals surface area (Å²) >= 11 is 0. The molecule has 2 aliphatic heterocycles. The molecule has 3 heterocycles. The summed E-state index contributed by atoms with van der Waals surface area (Å²) in [5.41, 5.74) is 12.3. The minimum atomic E-state index is -0.0310. The van der Waals surface area contributed by atoms with Crippen molar-refractivity contribution in [3.63, 3.8) is 0 Å². The monoisotopic (exact) mass is 773 g/mol. The van der Waals surface area contributed by atoms with E-state index in [1.807, 2.05) is 42.5 Å². The van der Waals surface area contributed by atoms with Crippen molar-refractivity contribution in [3.8, 4) is 11.3 Å². The van der Waals surface area contributed by atoms with Crippen molar-refractivity contribution in [2.45, 2.75) is 109 Å². The fourth-order valence-corrected chi connectivity index (χ4v) is 7.94. The van der Waals surface area contributed by atoms with Crippen LogP contribution in [0.4, 0.5) is 17.1 Å². The first kappa shape index (κ1) is 32.0. The van der Waals surface area contributed by atoms with E-state index >= 15 is 0 Å². The van der Waals surface area contributed by atoms with Gasteiger partial charge in [-0.3, -0.25) is 0 Å². The maximum atomic E-state index is 4.22. The zero-order valence-electron chi connectivity index (χ0n) is 27.7. The Kier molecular flexibility index (Phi) is 8.55. The molecule has 0 N–H and O–H groups in total. The summed E-state index contributed by atoms with van der Waals surface area (Å²) in [6.45, 7) is 16.9. The van der Waals surface area contributed by atoms with Gasteiger partial charge in [-0.05, 0) is 53.5 Å². The van der Waals surface area contributed by atoms with E-state index in [2.05, 4.69) is 99.4 Å². The molecule has 4 aromatic rings. The van der Waals surface area contributed by atoms with E-state index < -0.39 is 0 Å². The first-order chi connectivity index (χ1) is 21.1. The third-order valence-corrected chi connectivity index (χ3v) is 10.8. The van der Waals surface area contributed by atoms with Crippen LogP contribution in [0.3, 0.4) is 0 Å². The third-order valence-electron chi connectivity index (χ3n) is 10.8. The molecule has 0 spiro atoms. The predicted molar refractivity (Wildman–Crippen MR) is 183 cm³/mol. The Bertz CT molecular complexity index is 1610. The van der Waals surface area contributed by atoms with Crippen LogP contribution < -0.4 is 9.80 Å². The van der Waals surface area contributed by atoms with Crippen molar-refractivity contribution in [1.29, 1.82) is 0 Å². The van der Waals surface area contributed by atoms with Gasteiger partial charge in [-0.2, -0.15) is 24.4 Å². The van der Waals surface area contributed by atoms with Crippen LogP contribution in [0.1, 0.15) is 109 Å². The zero-order valence-corrected chi connectivity index (χ0v) is 30.1. The van der Waals surface area contributed by atoms with Gasteiger partial charge >= 0.3 is 20.1 Å². The molecular formula is C41H46IrN3. The SMILES string of the molecule is CC1(C)CCC(C)(C)c2cc3c([c-]c21)N1[CH-]N(C2CCCCC2)c2cccc(c21)C3(C)C.[Ir+3].[c-]1ccccc1-c1ccccn1. The van der Waals surface area contributed by atoms with Gasteiger partial charge in [-0.1, -0.05) is 103 Å². The number of aromatic nitrogens is 1. The first-order valence-corrected chi connectivity index (χ1v) is 16.6. The van der Waals surface area contributed by atoms with Crippen LogP contribution in [0, 0.1) is 18.8 Å². The van der Waals surface area contributed by atoms with Gasteiger partial charge in [0.2, 0.25) is 0 Å². The summed E-state index contributed by atoms with van der Waals surface area (Å²) in [7, 11) is 0. The molecule has 234 valence electrons. The number of nitrogens with zero attached hydrogens (tertiary/aromatic N) is 3. The molecule has 0 saturated heterocycles. The van der Waals surface area contributed by atoms with Gasteiger partial charge in [0.15, 0.2) is 0 Å². The number of anilines is 3. The molecule has 0 bridgehead atoms. The van der Waals surface area contributed by atoms with E-state index in [4.69, 9.17) is 0 Å². The molecule has 8 rings (SSSR count). The van der Waals surface area contributed by atoms with Crippen LogP contribution in [-0.4, -0.2) is 11.0 Å². The number of hydrogen-bond acceptors (Lipinski definition) is 3. The van der Waals surface area contributed by atoms with Crippen molar-refractivity contribution in [3.05, 3.63) is 114 Å². The number of para-hydroxylation sites is 1. The number of rotatable bonds is 2. The van der Waals surface area contributed by atoms with Crippen molar-refractivity contribution in [2.75, 3.05) is 9.80 Å². The molecule has 3 nitrogen and oxygen atoms in total. The van der Waals surface area contributed by atoms with Gasteiger partial charge in [-0.15, -0.1) is 47.0 Å². The van der Waals surface area contributed by atoms with Gasteiger partial charge < -0.3 is 14.8 Å². The molecule has 1 fully saturated rings. The van der Waals surface area contributed by atoms with Gasteiger partial charge in [-0.25, -0.2) is 0 Å². The van der Waals surface area contributed by atoms with Crippen molar-refractivity contribution >= 4 is 17.1 Å². The molecule has 45 heavy (non-hydrogen) atoms. The van der Waals surface area contributed by atoms with Crippen LogP contribution >= 0.6 is 0 Å². The molecule has 2 aliphatic carbocycles. The Morgan fingerprint density at radius 2 is 1.56 bits per heavy atom. The number of hydrogen-bond donors (Lipinski definition) is 0. The normalized spacial score (nSPS) is 20.1. The molecule has 4 heteroatoms. The number of pyridine rings is 1. The van der Waals surface area contributed by atoms with E-state index in [-0.39, 0.29) is 36.4 Å². The summed E-state index contributed by atoms with van der Waals surface area (Å²) in [6, 6.07) is 31.0. The van der Waals surface area contributed by atoms with Crippen LogP contribution in [0.25, 0.3) is 11.3 Å². The maximum Gasteiger partial charge on any atom is 3.00 e. The van der Waals surface area contributed by atoms with Crippen LogP contribution in [-0.2, 0) is 36.4 Å². The van der Waals surface area contributed by atoms with Crippen LogP contribution in [0.15, 0.2) is 72.9 Å². The summed E-state index contributed by atoms with van der Waals surface area (Å²) in [6.07, 6.45) is 11.0. The minimum Gasteiger partial charge on any atom is -0.499 e. The topological polar surface area (TPSA) is 19.4 Å². The second kappa shape index (κ2) is 12.0. The molecule has 0 radical (unpaired) electrons. The Morgan fingerprint density at radius 3 is 2.27 bits per heavy atom. The summed E-state index contributed by atoms with van der Waals surface area (Å²) in [5.74, 6) is 0. The maximum absolute atomic E-state index is 4.22. The summed E-state index contributed by atoms with van der Waals surface area (Å²) in [5, 5.41) is 0. The van der Waals surface area contributed by atoms with Crippen LogP contribution in [0.5, 0.6) is 0 Å². The van der Waals surface area contributed by atoms with Gasteiger partial charge in [0.05, 0.1) is 0 Å². The largest absolute Gasteiger partial charge is 3.00 e. The molecule has 0 unspecified atom stereocenters. The van der Waals surface area contributed by atoms with Crippen molar-refractivity contribution in [2.24, 2.45) is 0 Å². The standard InChI is InChI=1S/C30H38N2.C11H8N.Ir/c1-28(2)15-16-29(3,4)23-18-26-24(17-22(23)28)30(5,6)21-13-10-14-25-27(21)32(26)19-31(25)20-11-8-7-9-12-20;1-2-6-10(7-3-1)11-8-4-5-9-12-11;/h10,13-14,17,19-20H,7-9,11-12,15-16H2,1-6H3;1-6,8-9H;/q-2;-1;+3. The first-order valence-electron chi connectivity index (χ1n) is 16.6. The van der Waals surface area contributed by atoms with E-state index in [1.54, 1.807) is 6.20 Å². The Hall–Kier alpha value is -2.94. The number of benzene rings is 3.